The third kappa shape index (κ3) is 3.80. The van der Waals surface area contributed by atoms with Crippen molar-refractivity contribution >= 4 is 22.6 Å². The second-order valence-corrected chi connectivity index (χ2v) is 4.18. The van der Waals surface area contributed by atoms with Crippen molar-refractivity contribution in [1.82, 2.24) is 0 Å². The molecular formula is C9H9F3INO2. The zero-order chi connectivity index (χ0) is 12.3. The van der Waals surface area contributed by atoms with Crippen molar-refractivity contribution in [2.75, 3.05) is 6.61 Å². The minimum absolute atomic E-state index is 0.268. The van der Waals surface area contributed by atoms with Gasteiger partial charge in [0.2, 0.25) is 0 Å². The summed E-state index contributed by atoms with van der Waals surface area (Å²) in [5.41, 5.74) is 6.14. The second kappa shape index (κ2) is 5.19. The van der Waals surface area contributed by atoms with Crippen molar-refractivity contribution < 1.29 is 23.0 Å². The van der Waals surface area contributed by atoms with Crippen molar-refractivity contribution in [2.24, 2.45) is 5.73 Å². The SMILES string of the molecule is N[C@@H](CO)c1ccc(OC(F)(F)F)cc1I. The summed E-state index contributed by atoms with van der Waals surface area (Å²) >= 11 is 1.84. The van der Waals surface area contributed by atoms with Crippen LogP contribution in [0.4, 0.5) is 13.2 Å². The van der Waals surface area contributed by atoms with Crippen molar-refractivity contribution in [3.63, 3.8) is 0 Å². The Labute approximate surface area is 104 Å². The van der Waals surface area contributed by atoms with Gasteiger partial charge in [0.15, 0.2) is 0 Å². The summed E-state index contributed by atoms with van der Waals surface area (Å²) in [5.74, 6) is -0.300. The smallest absolute Gasteiger partial charge is 0.406 e. The second-order valence-electron chi connectivity index (χ2n) is 3.02. The predicted molar refractivity (Wildman–Crippen MR) is 59.9 cm³/mol. The maximum Gasteiger partial charge on any atom is 0.573 e. The maximum absolute atomic E-state index is 11.9. The molecule has 1 atom stereocenters. The van der Waals surface area contributed by atoms with E-state index in [0.29, 0.717) is 9.13 Å². The molecule has 7 heteroatoms. The average molecular weight is 347 g/mol. The van der Waals surface area contributed by atoms with Gasteiger partial charge in [-0.05, 0) is 40.3 Å². The monoisotopic (exact) mass is 347 g/mol. The van der Waals surface area contributed by atoms with Gasteiger partial charge in [-0.25, -0.2) is 0 Å². The first-order chi connectivity index (χ1) is 7.33. The van der Waals surface area contributed by atoms with E-state index in [0.717, 1.165) is 0 Å². The third-order valence-corrected chi connectivity index (χ3v) is 2.74. The molecular weight excluding hydrogens is 338 g/mol. The fourth-order valence-corrected chi connectivity index (χ4v) is 1.99. The van der Waals surface area contributed by atoms with Gasteiger partial charge >= 0.3 is 6.36 Å². The van der Waals surface area contributed by atoms with Crippen LogP contribution in [0.1, 0.15) is 11.6 Å². The molecule has 0 bridgehead atoms. The predicted octanol–water partition coefficient (Wildman–Crippen LogP) is 2.18. The Balaban J connectivity index is 2.91. The molecule has 0 amide bonds. The molecule has 0 radical (unpaired) electrons. The quantitative estimate of drug-likeness (QED) is 0.825. The van der Waals surface area contributed by atoms with Crippen LogP contribution in [-0.4, -0.2) is 18.1 Å². The summed E-state index contributed by atoms with van der Waals surface area (Å²) in [6.07, 6.45) is -4.70. The van der Waals surface area contributed by atoms with Gasteiger partial charge < -0.3 is 15.6 Å². The molecule has 0 aromatic heterocycles. The molecule has 3 nitrogen and oxygen atoms in total. The van der Waals surface area contributed by atoms with Crippen LogP contribution < -0.4 is 10.5 Å². The summed E-state index contributed by atoms with van der Waals surface area (Å²) in [7, 11) is 0. The molecule has 90 valence electrons. The van der Waals surface area contributed by atoms with Gasteiger partial charge in [-0.1, -0.05) is 6.07 Å². The molecule has 1 rings (SSSR count). The minimum Gasteiger partial charge on any atom is -0.406 e. The lowest BCUT2D eigenvalue weighted by Gasteiger charge is -2.13. The molecule has 1 aromatic rings. The topological polar surface area (TPSA) is 55.5 Å². The van der Waals surface area contributed by atoms with E-state index in [1.807, 2.05) is 22.6 Å². The standard InChI is InChI=1S/C9H9F3INO2/c10-9(11,12)16-5-1-2-6(7(13)3-5)8(14)4-15/h1-3,8,15H,4,14H2/t8-/m0/s1. The van der Waals surface area contributed by atoms with E-state index in [2.05, 4.69) is 4.74 Å². The van der Waals surface area contributed by atoms with Gasteiger partial charge in [-0.15, -0.1) is 13.2 Å². The lowest BCUT2D eigenvalue weighted by Crippen LogP contribution is -2.18. The molecule has 0 heterocycles. The van der Waals surface area contributed by atoms with Crippen LogP contribution in [0.2, 0.25) is 0 Å². The van der Waals surface area contributed by atoms with Crippen LogP contribution in [0, 0.1) is 3.57 Å². The molecule has 0 spiro atoms. The lowest BCUT2D eigenvalue weighted by molar-refractivity contribution is -0.274. The molecule has 0 fully saturated rings. The van der Waals surface area contributed by atoms with Crippen molar-refractivity contribution in [3.8, 4) is 5.75 Å². The third-order valence-electron chi connectivity index (χ3n) is 1.80. The largest absolute Gasteiger partial charge is 0.573 e. The van der Waals surface area contributed by atoms with Gasteiger partial charge in [-0.2, -0.15) is 0 Å². The molecule has 1 aromatic carbocycles. The van der Waals surface area contributed by atoms with Gasteiger partial charge in [0.25, 0.3) is 0 Å². The number of alkyl halides is 3. The first-order valence-electron chi connectivity index (χ1n) is 4.25. The summed E-state index contributed by atoms with van der Waals surface area (Å²) in [6, 6.07) is 3.19. The zero-order valence-corrected chi connectivity index (χ0v) is 10.1. The van der Waals surface area contributed by atoms with Gasteiger partial charge in [0.05, 0.1) is 12.6 Å². The highest BCUT2D eigenvalue weighted by Crippen LogP contribution is 2.27. The Hall–Kier alpha value is -0.540. The Morgan fingerprint density at radius 3 is 2.50 bits per heavy atom. The fraction of sp³-hybridized carbons (Fsp3) is 0.333. The molecule has 0 unspecified atom stereocenters. The number of aliphatic hydroxyl groups is 1. The number of rotatable bonds is 3. The normalized spacial score (nSPS) is 13.6. The molecule has 0 saturated heterocycles. The first kappa shape index (κ1) is 13.5. The van der Waals surface area contributed by atoms with Crippen LogP contribution in [0.15, 0.2) is 18.2 Å². The van der Waals surface area contributed by atoms with E-state index < -0.39 is 12.4 Å². The van der Waals surface area contributed by atoms with Crippen LogP contribution >= 0.6 is 22.6 Å². The number of halogens is 4. The Morgan fingerprint density at radius 2 is 2.06 bits per heavy atom. The number of ether oxygens (including phenoxy) is 1. The molecule has 0 aliphatic carbocycles. The van der Waals surface area contributed by atoms with E-state index >= 15 is 0 Å². The first-order valence-corrected chi connectivity index (χ1v) is 5.33. The Kier molecular flexibility index (Phi) is 4.39. The number of nitrogens with two attached hydrogens (primary N) is 1. The van der Waals surface area contributed by atoms with E-state index in [4.69, 9.17) is 10.8 Å². The molecule has 0 aliphatic heterocycles. The number of hydrogen-bond acceptors (Lipinski definition) is 3. The highest BCUT2D eigenvalue weighted by Gasteiger charge is 2.31. The van der Waals surface area contributed by atoms with Crippen LogP contribution in [-0.2, 0) is 0 Å². The summed E-state index contributed by atoms with van der Waals surface area (Å²) in [5, 5.41) is 8.83. The Bertz CT molecular complexity index is 370. The summed E-state index contributed by atoms with van der Waals surface area (Å²) in [6.45, 7) is -0.268. The highest BCUT2D eigenvalue weighted by atomic mass is 127. The Morgan fingerprint density at radius 1 is 1.44 bits per heavy atom. The van der Waals surface area contributed by atoms with Crippen molar-refractivity contribution in [2.45, 2.75) is 12.4 Å². The highest BCUT2D eigenvalue weighted by molar-refractivity contribution is 14.1. The van der Waals surface area contributed by atoms with Gasteiger partial charge in [0, 0.05) is 3.57 Å². The van der Waals surface area contributed by atoms with Gasteiger partial charge in [-0.3, -0.25) is 0 Å². The average Bonchev–Trinajstić information content (AvgIpc) is 2.14. The van der Waals surface area contributed by atoms with E-state index in [1.165, 1.54) is 18.2 Å². The zero-order valence-electron chi connectivity index (χ0n) is 7.96. The van der Waals surface area contributed by atoms with E-state index in [-0.39, 0.29) is 12.4 Å². The molecule has 0 saturated carbocycles. The van der Waals surface area contributed by atoms with E-state index in [1.54, 1.807) is 0 Å². The molecule has 0 aliphatic rings. The van der Waals surface area contributed by atoms with Crippen molar-refractivity contribution in [1.29, 1.82) is 0 Å². The maximum atomic E-state index is 11.9. The van der Waals surface area contributed by atoms with Crippen LogP contribution in [0.5, 0.6) is 5.75 Å². The lowest BCUT2D eigenvalue weighted by atomic mass is 10.1. The fourth-order valence-electron chi connectivity index (χ4n) is 1.10. The number of aliphatic hydroxyl groups excluding tert-OH is 1. The van der Waals surface area contributed by atoms with Crippen LogP contribution in [0.25, 0.3) is 0 Å². The molecule has 3 N–H and O–H groups in total. The number of hydrogen-bond donors (Lipinski definition) is 2. The van der Waals surface area contributed by atoms with Crippen LogP contribution in [0.3, 0.4) is 0 Å². The molecule has 16 heavy (non-hydrogen) atoms. The van der Waals surface area contributed by atoms with E-state index in [9.17, 15) is 13.2 Å². The summed E-state index contributed by atoms with van der Waals surface area (Å²) in [4.78, 5) is 0. The van der Waals surface area contributed by atoms with Crippen molar-refractivity contribution in [3.05, 3.63) is 27.3 Å². The minimum atomic E-state index is -4.70. The summed E-state index contributed by atoms with van der Waals surface area (Å²) < 4.78 is 40.0. The number of benzene rings is 1. The van der Waals surface area contributed by atoms with Gasteiger partial charge in [0.1, 0.15) is 5.75 Å².